The van der Waals surface area contributed by atoms with Gasteiger partial charge in [0, 0.05) is 12.2 Å². The van der Waals surface area contributed by atoms with Gasteiger partial charge in [-0.25, -0.2) is 0 Å². The number of nitrogens with two attached hydrogens (primary N) is 1. The molecule has 0 saturated carbocycles. The Morgan fingerprint density at radius 1 is 1.18 bits per heavy atom. The van der Waals surface area contributed by atoms with Crippen LogP contribution in [0.3, 0.4) is 0 Å². The van der Waals surface area contributed by atoms with E-state index < -0.39 is 0 Å². The molecule has 0 unspecified atom stereocenters. The molecule has 2 rings (SSSR count). The lowest BCUT2D eigenvalue weighted by Crippen LogP contribution is -2.06. The van der Waals surface area contributed by atoms with Crippen LogP contribution in [0, 0.1) is 11.3 Å². The molecule has 146 valence electrons. The highest BCUT2D eigenvalue weighted by Crippen LogP contribution is 2.27. The molecule has 0 atom stereocenters. The molecule has 0 aliphatic heterocycles. The minimum atomic E-state index is 0.405. The predicted octanol–water partition coefficient (Wildman–Crippen LogP) is 4.35. The van der Waals surface area contributed by atoms with Gasteiger partial charge < -0.3 is 15.2 Å². The van der Waals surface area contributed by atoms with E-state index in [0.717, 1.165) is 24.2 Å². The Kier molecular flexibility index (Phi) is 9.45. The summed E-state index contributed by atoms with van der Waals surface area (Å²) >= 11 is 1.44. The maximum atomic E-state index is 8.57. The van der Waals surface area contributed by atoms with E-state index in [1.165, 1.54) is 17.3 Å². The molecular weight excluding hydrogens is 372 g/mol. The van der Waals surface area contributed by atoms with Crippen LogP contribution in [0.4, 0.5) is 0 Å². The van der Waals surface area contributed by atoms with Crippen molar-refractivity contribution in [1.82, 2.24) is 0 Å². The highest BCUT2D eigenvalue weighted by atomic mass is 32.2. The fraction of sp³-hybridized carbons (Fsp3) is 0.286. The molecule has 0 spiro atoms. The zero-order valence-electron chi connectivity index (χ0n) is 15.9. The molecule has 2 aromatic rings. The topological polar surface area (TPSA) is 93.0 Å². The normalized spacial score (nSPS) is 11.4. The van der Waals surface area contributed by atoms with Crippen molar-refractivity contribution in [3.63, 3.8) is 0 Å². The lowest BCUT2D eigenvalue weighted by molar-refractivity contribution is 0.287. The number of amidine groups is 1. The Hall–Kier alpha value is -2.98. The SMILES string of the molecule is COc1ccc(C=NN=C(N)SCc2ccccc2)cc1OCCCCC#N. The molecule has 2 N–H and O–H groups in total. The zero-order chi connectivity index (χ0) is 20.0. The highest BCUT2D eigenvalue weighted by Gasteiger charge is 2.05. The monoisotopic (exact) mass is 396 g/mol. The van der Waals surface area contributed by atoms with Crippen LogP contribution < -0.4 is 15.2 Å². The van der Waals surface area contributed by atoms with Crippen molar-refractivity contribution >= 4 is 23.1 Å². The maximum Gasteiger partial charge on any atom is 0.180 e. The van der Waals surface area contributed by atoms with E-state index in [9.17, 15) is 0 Å². The van der Waals surface area contributed by atoms with Crippen molar-refractivity contribution in [3.05, 3.63) is 59.7 Å². The van der Waals surface area contributed by atoms with E-state index in [2.05, 4.69) is 16.3 Å². The number of nitriles is 1. The number of hydrogen-bond acceptors (Lipinski definition) is 6. The molecule has 0 bridgehead atoms. The van der Waals surface area contributed by atoms with Gasteiger partial charge in [-0.2, -0.15) is 10.4 Å². The smallest absolute Gasteiger partial charge is 0.180 e. The summed E-state index contributed by atoms with van der Waals surface area (Å²) in [5, 5.41) is 17.1. The average molecular weight is 397 g/mol. The van der Waals surface area contributed by atoms with E-state index in [1.807, 2.05) is 48.5 Å². The van der Waals surface area contributed by atoms with E-state index in [0.29, 0.717) is 29.7 Å². The predicted molar refractivity (Wildman–Crippen MR) is 115 cm³/mol. The molecule has 0 aliphatic rings. The summed E-state index contributed by atoms with van der Waals surface area (Å²) in [6, 6.07) is 17.7. The Morgan fingerprint density at radius 2 is 2.00 bits per heavy atom. The third kappa shape index (κ3) is 7.72. The molecule has 0 fully saturated rings. The quantitative estimate of drug-likeness (QED) is 0.279. The minimum absolute atomic E-state index is 0.405. The Labute approximate surface area is 170 Å². The van der Waals surface area contributed by atoms with Crippen molar-refractivity contribution in [2.75, 3.05) is 13.7 Å². The van der Waals surface area contributed by atoms with Crippen LogP contribution in [0.25, 0.3) is 0 Å². The van der Waals surface area contributed by atoms with Crippen LogP contribution >= 0.6 is 11.8 Å². The summed E-state index contributed by atoms with van der Waals surface area (Å²) in [7, 11) is 1.60. The van der Waals surface area contributed by atoms with Gasteiger partial charge in [0.05, 0.1) is 26.0 Å². The second-order valence-corrected chi connectivity index (χ2v) is 6.83. The number of rotatable bonds is 10. The summed E-state index contributed by atoms with van der Waals surface area (Å²) in [5.74, 6) is 2.04. The largest absolute Gasteiger partial charge is 0.493 e. The average Bonchev–Trinajstić information content (AvgIpc) is 2.73. The number of nitrogens with zero attached hydrogens (tertiary/aromatic N) is 3. The molecule has 0 amide bonds. The van der Waals surface area contributed by atoms with Crippen LogP contribution in [0.2, 0.25) is 0 Å². The Bertz CT molecular complexity index is 832. The standard InChI is InChI=1S/C21H24N4O2S/c1-26-19-11-10-18(14-20(19)27-13-7-3-6-12-22)15-24-25-21(23)28-16-17-8-4-2-5-9-17/h2,4-5,8-11,14-15H,3,6-7,13,16H2,1H3,(H2,23,25). The number of benzene rings is 2. The van der Waals surface area contributed by atoms with E-state index in [1.54, 1.807) is 13.3 Å². The number of unbranched alkanes of at least 4 members (excludes halogenated alkanes) is 2. The van der Waals surface area contributed by atoms with Gasteiger partial charge in [-0.05, 0) is 42.2 Å². The van der Waals surface area contributed by atoms with Crippen molar-refractivity contribution in [2.24, 2.45) is 15.9 Å². The number of hydrogen-bond donors (Lipinski definition) is 1. The third-order valence-electron chi connectivity index (χ3n) is 3.72. The molecule has 0 saturated heterocycles. The second kappa shape index (κ2) is 12.4. The van der Waals surface area contributed by atoms with Gasteiger partial charge in [0.1, 0.15) is 0 Å². The van der Waals surface area contributed by atoms with Crippen molar-refractivity contribution in [3.8, 4) is 17.6 Å². The van der Waals surface area contributed by atoms with Gasteiger partial charge in [0.15, 0.2) is 16.7 Å². The van der Waals surface area contributed by atoms with Crippen LogP contribution in [-0.4, -0.2) is 25.1 Å². The molecule has 0 radical (unpaired) electrons. The summed E-state index contributed by atoms with van der Waals surface area (Å²) in [6.45, 7) is 0.528. The molecule has 0 aromatic heterocycles. The van der Waals surface area contributed by atoms with E-state index in [-0.39, 0.29) is 0 Å². The lowest BCUT2D eigenvalue weighted by Gasteiger charge is -2.10. The van der Waals surface area contributed by atoms with E-state index >= 15 is 0 Å². The molecule has 7 heteroatoms. The fourth-order valence-electron chi connectivity index (χ4n) is 2.29. The summed E-state index contributed by atoms with van der Waals surface area (Å²) in [6.07, 6.45) is 3.79. The molecule has 0 heterocycles. The van der Waals surface area contributed by atoms with Gasteiger partial charge in [-0.1, -0.05) is 42.1 Å². The third-order valence-corrected chi connectivity index (χ3v) is 4.58. The number of ether oxygens (including phenoxy) is 2. The highest BCUT2D eigenvalue weighted by molar-refractivity contribution is 8.13. The minimum Gasteiger partial charge on any atom is -0.493 e. The first-order valence-electron chi connectivity index (χ1n) is 8.94. The summed E-state index contributed by atoms with van der Waals surface area (Å²) in [4.78, 5) is 0. The summed E-state index contributed by atoms with van der Waals surface area (Å²) in [5.41, 5.74) is 7.91. The number of thioether (sulfide) groups is 1. The lowest BCUT2D eigenvalue weighted by atomic mass is 10.2. The first-order chi connectivity index (χ1) is 13.7. The van der Waals surface area contributed by atoms with Crippen LogP contribution in [0.15, 0.2) is 58.7 Å². The fourth-order valence-corrected chi connectivity index (χ4v) is 2.90. The van der Waals surface area contributed by atoms with Crippen molar-refractivity contribution < 1.29 is 9.47 Å². The van der Waals surface area contributed by atoms with Crippen LogP contribution in [0.1, 0.15) is 30.4 Å². The van der Waals surface area contributed by atoms with E-state index in [4.69, 9.17) is 20.5 Å². The first-order valence-corrected chi connectivity index (χ1v) is 9.92. The molecule has 0 aliphatic carbocycles. The second-order valence-electron chi connectivity index (χ2n) is 5.83. The van der Waals surface area contributed by atoms with Crippen LogP contribution in [0.5, 0.6) is 11.5 Å². The molecule has 6 nitrogen and oxygen atoms in total. The molecule has 28 heavy (non-hydrogen) atoms. The van der Waals surface area contributed by atoms with Crippen LogP contribution in [-0.2, 0) is 5.75 Å². The van der Waals surface area contributed by atoms with Gasteiger partial charge in [0.25, 0.3) is 0 Å². The van der Waals surface area contributed by atoms with Gasteiger partial charge >= 0.3 is 0 Å². The molecule has 2 aromatic carbocycles. The van der Waals surface area contributed by atoms with Gasteiger partial charge in [-0.3, -0.25) is 0 Å². The Morgan fingerprint density at radius 3 is 2.75 bits per heavy atom. The first kappa shape index (κ1) is 21.3. The maximum absolute atomic E-state index is 8.57. The van der Waals surface area contributed by atoms with Crippen molar-refractivity contribution in [2.45, 2.75) is 25.0 Å². The van der Waals surface area contributed by atoms with Crippen molar-refractivity contribution in [1.29, 1.82) is 5.26 Å². The van der Waals surface area contributed by atoms with Gasteiger partial charge in [-0.15, -0.1) is 5.10 Å². The zero-order valence-corrected chi connectivity index (χ0v) is 16.7. The summed E-state index contributed by atoms with van der Waals surface area (Å²) < 4.78 is 11.1. The van der Waals surface area contributed by atoms with Gasteiger partial charge in [0.2, 0.25) is 0 Å². The number of methoxy groups -OCH3 is 1. The molecular formula is C21H24N4O2S. The Balaban J connectivity index is 1.90.